The Hall–Kier alpha value is -1.02. The zero-order valence-electron chi connectivity index (χ0n) is 11.2. The van der Waals surface area contributed by atoms with Crippen molar-refractivity contribution in [2.45, 2.75) is 63.5 Å². The highest BCUT2D eigenvalue weighted by Gasteiger charge is 2.34. The van der Waals surface area contributed by atoms with Crippen molar-refractivity contribution in [1.29, 1.82) is 0 Å². The maximum Gasteiger partial charge on any atom is 0.124 e. The topological polar surface area (TPSA) is 35.2 Å². The molecule has 0 unspecified atom stereocenters. The van der Waals surface area contributed by atoms with Crippen molar-refractivity contribution in [2.75, 3.05) is 0 Å². The van der Waals surface area contributed by atoms with E-state index in [1.807, 2.05) is 0 Å². The lowest BCUT2D eigenvalue weighted by molar-refractivity contribution is 0.263. The molecule has 2 N–H and O–H groups in total. The van der Waals surface area contributed by atoms with Crippen LogP contribution in [0.2, 0.25) is 0 Å². The predicted octanol–water partition coefficient (Wildman–Crippen LogP) is 3.65. The average molecular weight is 245 g/mol. The van der Waals surface area contributed by atoms with Gasteiger partial charge < -0.3 is 10.5 Å². The van der Waals surface area contributed by atoms with E-state index in [2.05, 4.69) is 25.1 Å². The summed E-state index contributed by atoms with van der Waals surface area (Å²) in [4.78, 5) is 0. The lowest BCUT2D eigenvalue weighted by Crippen LogP contribution is -2.39. The maximum absolute atomic E-state index is 6.67. The van der Waals surface area contributed by atoms with Crippen molar-refractivity contribution in [1.82, 2.24) is 0 Å². The summed E-state index contributed by atoms with van der Waals surface area (Å²) in [6.07, 6.45) is 8.84. The van der Waals surface area contributed by atoms with Gasteiger partial charge in [0.05, 0.1) is 6.10 Å². The molecule has 0 bridgehead atoms. The predicted molar refractivity (Wildman–Crippen MR) is 73.8 cm³/mol. The zero-order chi connectivity index (χ0) is 12.6. The Kier molecular flexibility index (Phi) is 3.06. The number of rotatable bonds is 3. The molecule has 3 rings (SSSR count). The summed E-state index contributed by atoms with van der Waals surface area (Å²) >= 11 is 0. The molecule has 0 saturated heterocycles. The Morgan fingerprint density at radius 1 is 1.17 bits per heavy atom. The van der Waals surface area contributed by atoms with Crippen molar-refractivity contribution in [3.05, 3.63) is 29.3 Å². The molecule has 98 valence electrons. The molecule has 0 amide bonds. The summed E-state index contributed by atoms with van der Waals surface area (Å²) in [5, 5.41) is 0. The van der Waals surface area contributed by atoms with Gasteiger partial charge >= 0.3 is 0 Å². The number of benzene rings is 1. The summed E-state index contributed by atoms with van der Waals surface area (Å²) in [6.45, 7) is 2.14. The SMILES string of the molecule is Cc1ccc(OC2CC2)c(C2(N)CCCCC2)c1. The third-order valence-electron chi connectivity index (χ3n) is 4.24. The molecule has 0 spiro atoms. The van der Waals surface area contributed by atoms with Crippen LogP contribution in [0, 0.1) is 6.92 Å². The fourth-order valence-corrected chi connectivity index (χ4v) is 2.95. The van der Waals surface area contributed by atoms with Crippen LogP contribution in [0.4, 0.5) is 0 Å². The van der Waals surface area contributed by atoms with E-state index in [0.717, 1.165) is 18.6 Å². The van der Waals surface area contributed by atoms with Crippen molar-refractivity contribution in [2.24, 2.45) is 5.73 Å². The molecule has 18 heavy (non-hydrogen) atoms. The fourth-order valence-electron chi connectivity index (χ4n) is 2.95. The highest BCUT2D eigenvalue weighted by atomic mass is 16.5. The highest BCUT2D eigenvalue weighted by Crippen LogP contribution is 2.41. The van der Waals surface area contributed by atoms with Gasteiger partial charge in [-0.25, -0.2) is 0 Å². The van der Waals surface area contributed by atoms with Crippen LogP contribution >= 0.6 is 0 Å². The van der Waals surface area contributed by atoms with Gasteiger partial charge in [0.15, 0.2) is 0 Å². The molecule has 2 fully saturated rings. The maximum atomic E-state index is 6.67. The first-order valence-electron chi connectivity index (χ1n) is 7.24. The van der Waals surface area contributed by atoms with Gasteiger partial charge in [0.25, 0.3) is 0 Å². The molecule has 0 heterocycles. The second kappa shape index (κ2) is 4.58. The number of nitrogens with two attached hydrogens (primary N) is 1. The molecule has 0 aromatic heterocycles. The second-order valence-corrected chi connectivity index (χ2v) is 6.03. The molecule has 2 nitrogen and oxygen atoms in total. The monoisotopic (exact) mass is 245 g/mol. The standard InChI is InChI=1S/C16H23NO/c1-12-5-8-15(18-13-6-7-13)14(11-12)16(17)9-3-2-4-10-16/h5,8,11,13H,2-4,6-7,9-10,17H2,1H3. The number of hydrogen-bond donors (Lipinski definition) is 1. The van der Waals surface area contributed by atoms with Crippen LogP contribution in [0.15, 0.2) is 18.2 Å². The molecule has 1 aromatic carbocycles. The van der Waals surface area contributed by atoms with Crippen LogP contribution in [-0.2, 0) is 5.54 Å². The van der Waals surface area contributed by atoms with Crippen LogP contribution in [0.3, 0.4) is 0 Å². The van der Waals surface area contributed by atoms with Crippen molar-refractivity contribution in [3.8, 4) is 5.75 Å². The lowest BCUT2D eigenvalue weighted by atomic mass is 9.77. The molecule has 0 aliphatic heterocycles. The van der Waals surface area contributed by atoms with E-state index in [0.29, 0.717) is 6.10 Å². The lowest BCUT2D eigenvalue weighted by Gasteiger charge is -2.35. The molecule has 1 aromatic rings. The second-order valence-electron chi connectivity index (χ2n) is 6.03. The summed E-state index contributed by atoms with van der Waals surface area (Å²) < 4.78 is 6.05. The Morgan fingerprint density at radius 2 is 1.89 bits per heavy atom. The molecule has 2 saturated carbocycles. The Bertz CT molecular complexity index is 431. The van der Waals surface area contributed by atoms with Gasteiger partial charge in [-0.3, -0.25) is 0 Å². The van der Waals surface area contributed by atoms with E-state index in [-0.39, 0.29) is 5.54 Å². The van der Waals surface area contributed by atoms with Gasteiger partial charge in [-0.05, 0) is 38.7 Å². The van der Waals surface area contributed by atoms with E-state index >= 15 is 0 Å². The molecule has 2 aliphatic rings. The Balaban J connectivity index is 1.93. The van der Waals surface area contributed by atoms with Gasteiger partial charge in [-0.15, -0.1) is 0 Å². The van der Waals surface area contributed by atoms with E-state index in [4.69, 9.17) is 10.5 Å². The minimum absolute atomic E-state index is 0.158. The van der Waals surface area contributed by atoms with Crippen molar-refractivity contribution < 1.29 is 4.74 Å². The average Bonchev–Trinajstić information content (AvgIpc) is 3.16. The molecule has 0 radical (unpaired) electrons. The van der Waals surface area contributed by atoms with Gasteiger partial charge in [0.1, 0.15) is 5.75 Å². The van der Waals surface area contributed by atoms with Crippen LogP contribution in [0.5, 0.6) is 5.75 Å². The quantitative estimate of drug-likeness (QED) is 0.882. The third-order valence-corrected chi connectivity index (χ3v) is 4.24. The zero-order valence-corrected chi connectivity index (χ0v) is 11.2. The first kappa shape index (κ1) is 12.0. The van der Waals surface area contributed by atoms with Crippen molar-refractivity contribution in [3.63, 3.8) is 0 Å². The summed E-state index contributed by atoms with van der Waals surface area (Å²) in [6, 6.07) is 6.49. The normalized spacial score (nSPS) is 22.8. The van der Waals surface area contributed by atoms with Crippen LogP contribution in [-0.4, -0.2) is 6.10 Å². The van der Waals surface area contributed by atoms with Crippen LogP contribution in [0.25, 0.3) is 0 Å². The minimum atomic E-state index is -0.158. The minimum Gasteiger partial charge on any atom is -0.490 e. The van der Waals surface area contributed by atoms with E-state index in [1.165, 1.54) is 43.2 Å². The van der Waals surface area contributed by atoms with Gasteiger partial charge in [-0.1, -0.05) is 37.0 Å². The van der Waals surface area contributed by atoms with Crippen molar-refractivity contribution >= 4 is 0 Å². The van der Waals surface area contributed by atoms with Gasteiger partial charge in [-0.2, -0.15) is 0 Å². The van der Waals surface area contributed by atoms with E-state index in [1.54, 1.807) is 0 Å². The third kappa shape index (κ3) is 2.39. The summed E-state index contributed by atoms with van der Waals surface area (Å²) in [5.41, 5.74) is 9.03. The number of ether oxygens (including phenoxy) is 1. The first-order chi connectivity index (χ1) is 8.67. The van der Waals surface area contributed by atoms with Crippen LogP contribution in [0.1, 0.15) is 56.1 Å². The molecule has 2 aliphatic carbocycles. The molecular weight excluding hydrogens is 222 g/mol. The largest absolute Gasteiger partial charge is 0.490 e. The first-order valence-corrected chi connectivity index (χ1v) is 7.24. The fraction of sp³-hybridized carbons (Fsp3) is 0.625. The van der Waals surface area contributed by atoms with E-state index < -0.39 is 0 Å². The highest BCUT2D eigenvalue weighted by molar-refractivity contribution is 5.42. The number of hydrogen-bond acceptors (Lipinski definition) is 2. The molecular formula is C16H23NO. The van der Waals surface area contributed by atoms with Gasteiger partial charge in [0, 0.05) is 11.1 Å². The number of aryl methyl sites for hydroxylation is 1. The summed E-state index contributed by atoms with van der Waals surface area (Å²) in [5.74, 6) is 1.03. The van der Waals surface area contributed by atoms with Gasteiger partial charge in [0.2, 0.25) is 0 Å². The molecule has 2 heteroatoms. The smallest absolute Gasteiger partial charge is 0.124 e. The van der Waals surface area contributed by atoms with E-state index in [9.17, 15) is 0 Å². The molecule has 0 atom stereocenters. The Morgan fingerprint density at radius 3 is 2.56 bits per heavy atom. The van der Waals surface area contributed by atoms with Crippen LogP contribution < -0.4 is 10.5 Å². The Labute approximate surface area is 110 Å². The summed E-state index contributed by atoms with van der Waals surface area (Å²) in [7, 11) is 0.